The minimum absolute atomic E-state index is 0.163. The fraction of sp³-hybridized carbons (Fsp3) is 0.412. The van der Waals surface area contributed by atoms with Gasteiger partial charge in [-0.15, -0.1) is 0 Å². The smallest absolute Gasteiger partial charge is 0.335 e. The monoisotopic (exact) mass is 395 g/mol. The molecule has 2 amide bonds. The number of halogens is 3. The number of rotatable bonds is 5. The first-order valence-electron chi connectivity index (χ1n) is 7.98. The molecule has 0 saturated carbocycles. The summed E-state index contributed by atoms with van der Waals surface area (Å²) in [5, 5.41) is 23.2. The molecule has 0 aliphatic heterocycles. The zero-order valence-corrected chi connectivity index (χ0v) is 15.3. The Balaban J connectivity index is 2.01. The topological polar surface area (TPSA) is 102 Å². The average Bonchev–Trinajstić information content (AvgIpc) is 2.99. The molecule has 1 aromatic heterocycles. The molecule has 0 aliphatic carbocycles. The Hall–Kier alpha value is -2.85. The van der Waals surface area contributed by atoms with Crippen LogP contribution in [0.25, 0.3) is 10.2 Å². The number of urea groups is 1. The van der Waals surface area contributed by atoms with Gasteiger partial charge in [-0.05, 0) is 38.5 Å². The second-order valence-electron chi connectivity index (χ2n) is 6.09. The number of nitrogens with one attached hydrogen (secondary N) is 2. The molecule has 10 heteroatoms. The minimum Gasteiger partial charge on any atom is -0.335 e. The van der Waals surface area contributed by atoms with Gasteiger partial charge in [0.05, 0.1) is 39.8 Å². The number of alkyl halides is 3. The Bertz CT molecular complexity index is 912. The molecular formula is C17H16F3N5OS. The molecule has 2 aromatic rings. The van der Waals surface area contributed by atoms with Gasteiger partial charge in [-0.25, -0.2) is 9.78 Å². The van der Waals surface area contributed by atoms with Crippen LogP contribution in [0.1, 0.15) is 25.8 Å². The fourth-order valence-corrected chi connectivity index (χ4v) is 3.31. The minimum atomic E-state index is -4.45. The highest BCUT2D eigenvalue weighted by atomic mass is 32.1. The molecule has 0 spiro atoms. The summed E-state index contributed by atoms with van der Waals surface area (Å²) >= 11 is 0.931. The van der Waals surface area contributed by atoms with Crippen molar-refractivity contribution in [1.82, 2.24) is 10.3 Å². The van der Waals surface area contributed by atoms with Crippen LogP contribution in [0.5, 0.6) is 0 Å². The van der Waals surface area contributed by atoms with Crippen LogP contribution in [-0.2, 0) is 6.18 Å². The van der Waals surface area contributed by atoms with Gasteiger partial charge in [0.15, 0.2) is 5.13 Å². The molecule has 0 radical (unpaired) electrons. The lowest BCUT2D eigenvalue weighted by atomic mass is 9.91. The summed E-state index contributed by atoms with van der Waals surface area (Å²) in [7, 11) is 0. The van der Waals surface area contributed by atoms with Gasteiger partial charge in [-0.1, -0.05) is 11.3 Å². The number of carbonyl (C=O) groups is 1. The lowest BCUT2D eigenvalue weighted by Gasteiger charge is -2.18. The number of fused-ring (bicyclic) bond motifs is 1. The van der Waals surface area contributed by atoms with Gasteiger partial charge in [0.25, 0.3) is 0 Å². The average molecular weight is 395 g/mol. The van der Waals surface area contributed by atoms with E-state index >= 15 is 0 Å². The number of thiazole rings is 1. The van der Waals surface area contributed by atoms with Gasteiger partial charge in [0, 0.05) is 6.04 Å². The van der Waals surface area contributed by atoms with Gasteiger partial charge in [0.2, 0.25) is 0 Å². The highest BCUT2D eigenvalue weighted by molar-refractivity contribution is 7.22. The van der Waals surface area contributed by atoms with Crippen molar-refractivity contribution in [2.45, 2.75) is 32.5 Å². The second-order valence-corrected chi connectivity index (χ2v) is 7.12. The number of nitriles is 2. The zero-order valence-electron chi connectivity index (χ0n) is 14.5. The summed E-state index contributed by atoms with van der Waals surface area (Å²) in [6.45, 7) is 3.33. The summed E-state index contributed by atoms with van der Waals surface area (Å²) in [5.74, 6) is -0.983. The van der Waals surface area contributed by atoms with Gasteiger partial charge in [-0.3, -0.25) is 5.32 Å². The van der Waals surface area contributed by atoms with Crippen LogP contribution in [0, 0.1) is 34.5 Å². The molecule has 6 nitrogen and oxygen atoms in total. The molecule has 3 atom stereocenters. The lowest BCUT2D eigenvalue weighted by Crippen LogP contribution is -2.37. The highest BCUT2D eigenvalue weighted by Crippen LogP contribution is 2.34. The first-order chi connectivity index (χ1) is 12.6. The number of amides is 2. The van der Waals surface area contributed by atoms with Crippen LogP contribution < -0.4 is 10.6 Å². The van der Waals surface area contributed by atoms with Crippen LogP contribution in [0.4, 0.5) is 23.1 Å². The maximum atomic E-state index is 12.8. The summed E-state index contributed by atoms with van der Waals surface area (Å²) in [6, 6.07) is 6.26. The third kappa shape index (κ3) is 5.31. The molecule has 1 heterocycles. The van der Waals surface area contributed by atoms with Crippen molar-refractivity contribution in [2.75, 3.05) is 5.32 Å². The van der Waals surface area contributed by atoms with Gasteiger partial charge in [-0.2, -0.15) is 23.7 Å². The van der Waals surface area contributed by atoms with Crippen LogP contribution in [0.3, 0.4) is 0 Å². The van der Waals surface area contributed by atoms with E-state index in [1.165, 1.54) is 6.07 Å². The molecule has 0 saturated heterocycles. The first-order valence-corrected chi connectivity index (χ1v) is 8.80. The third-order valence-electron chi connectivity index (χ3n) is 3.89. The molecular weight excluding hydrogens is 379 g/mol. The number of hydrogen-bond donors (Lipinski definition) is 2. The summed E-state index contributed by atoms with van der Waals surface area (Å²) in [4.78, 5) is 16.1. The van der Waals surface area contributed by atoms with Crippen molar-refractivity contribution in [1.29, 1.82) is 10.5 Å². The number of anilines is 1. The Labute approximate surface area is 157 Å². The molecule has 27 heavy (non-hydrogen) atoms. The van der Waals surface area contributed by atoms with E-state index in [0.717, 1.165) is 23.5 Å². The molecule has 0 bridgehead atoms. The number of nitrogens with zero attached hydrogens (tertiary/aromatic N) is 3. The Morgan fingerprint density at radius 1 is 1.30 bits per heavy atom. The number of aromatic nitrogens is 1. The molecule has 3 unspecified atom stereocenters. The van der Waals surface area contributed by atoms with Crippen LogP contribution in [0.15, 0.2) is 18.2 Å². The van der Waals surface area contributed by atoms with E-state index in [1.54, 1.807) is 13.8 Å². The molecule has 2 rings (SSSR count). The van der Waals surface area contributed by atoms with Crippen molar-refractivity contribution in [2.24, 2.45) is 11.8 Å². The van der Waals surface area contributed by atoms with Gasteiger partial charge >= 0.3 is 12.2 Å². The largest absolute Gasteiger partial charge is 0.416 e. The van der Waals surface area contributed by atoms with E-state index in [-0.39, 0.29) is 11.2 Å². The Kier molecular flexibility index (Phi) is 6.24. The second kappa shape index (κ2) is 8.23. The summed E-state index contributed by atoms with van der Waals surface area (Å²) in [5.41, 5.74) is -0.429. The van der Waals surface area contributed by atoms with E-state index in [2.05, 4.69) is 15.6 Å². The van der Waals surface area contributed by atoms with Crippen LogP contribution in [0.2, 0.25) is 0 Å². The summed E-state index contributed by atoms with van der Waals surface area (Å²) in [6.07, 6.45) is -4.15. The maximum absolute atomic E-state index is 12.8. The molecule has 0 fully saturated rings. The number of carbonyl (C=O) groups excluding carboxylic acids is 1. The van der Waals surface area contributed by atoms with E-state index in [9.17, 15) is 18.0 Å². The van der Waals surface area contributed by atoms with Gasteiger partial charge < -0.3 is 5.32 Å². The molecule has 0 aliphatic rings. The van der Waals surface area contributed by atoms with Crippen molar-refractivity contribution in [3.05, 3.63) is 23.8 Å². The van der Waals surface area contributed by atoms with Crippen molar-refractivity contribution in [3.63, 3.8) is 0 Å². The SMILES string of the molecule is CC(CC(C#N)C(C)C#N)NC(=O)Nc1nc2ccc(C(F)(F)F)cc2s1. The molecule has 2 N–H and O–H groups in total. The predicted octanol–water partition coefficient (Wildman–Crippen LogP) is 4.51. The third-order valence-corrected chi connectivity index (χ3v) is 4.83. The maximum Gasteiger partial charge on any atom is 0.416 e. The van der Waals surface area contributed by atoms with Crippen LogP contribution in [-0.4, -0.2) is 17.1 Å². The summed E-state index contributed by atoms with van der Waals surface area (Å²) < 4.78 is 38.6. The normalized spacial score (nSPS) is 14.6. The van der Waals surface area contributed by atoms with Crippen molar-refractivity contribution >= 4 is 32.7 Å². The molecule has 142 valence electrons. The van der Waals surface area contributed by atoms with Crippen molar-refractivity contribution in [3.8, 4) is 12.1 Å². The zero-order chi connectivity index (χ0) is 20.2. The first kappa shape index (κ1) is 20.5. The van der Waals surface area contributed by atoms with Gasteiger partial charge in [0.1, 0.15) is 0 Å². The number of hydrogen-bond acceptors (Lipinski definition) is 5. The number of benzene rings is 1. The standard InChI is InChI=1S/C17H16F3N5OS/c1-9(7-21)11(8-22)5-10(2)23-15(26)25-16-24-13-4-3-12(17(18,19)20)6-14(13)27-16/h3-4,6,9-11H,5H2,1-2H3,(H2,23,24,25,26). The van der Waals surface area contributed by atoms with E-state index in [1.807, 2.05) is 12.1 Å². The fourth-order valence-electron chi connectivity index (χ4n) is 2.41. The highest BCUT2D eigenvalue weighted by Gasteiger charge is 2.30. The van der Waals surface area contributed by atoms with Crippen LogP contribution >= 0.6 is 11.3 Å². The van der Waals surface area contributed by atoms with E-state index < -0.39 is 29.6 Å². The van der Waals surface area contributed by atoms with E-state index in [4.69, 9.17) is 10.5 Å². The quantitative estimate of drug-likeness (QED) is 0.777. The van der Waals surface area contributed by atoms with E-state index in [0.29, 0.717) is 16.6 Å². The Morgan fingerprint density at radius 3 is 2.59 bits per heavy atom. The lowest BCUT2D eigenvalue weighted by molar-refractivity contribution is -0.137. The predicted molar refractivity (Wildman–Crippen MR) is 94.7 cm³/mol. The Morgan fingerprint density at radius 2 is 2.00 bits per heavy atom. The molecule has 1 aromatic carbocycles. The van der Waals surface area contributed by atoms with Crippen molar-refractivity contribution < 1.29 is 18.0 Å².